The van der Waals surface area contributed by atoms with E-state index < -0.39 is 0 Å². The topological polar surface area (TPSA) is 95.8 Å². The summed E-state index contributed by atoms with van der Waals surface area (Å²) in [5, 5.41) is 24.1. The molecule has 1 aliphatic carbocycles. The van der Waals surface area contributed by atoms with Crippen LogP contribution in [0.15, 0.2) is 30.6 Å². The van der Waals surface area contributed by atoms with Gasteiger partial charge >= 0.3 is 0 Å². The summed E-state index contributed by atoms with van der Waals surface area (Å²) in [6, 6.07) is 5.26. The van der Waals surface area contributed by atoms with Gasteiger partial charge in [0.25, 0.3) is 5.91 Å². The summed E-state index contributed by atoms with van der Waals surface area (Å²) in [5.41, 5.74) is 1.18. The number of nitrogens with zero attached hydrogens (tertiary/aromatic N) is 3. The largest absolute Gasteiger partial charge is 0.508 e. The normalized spacial score (nSPS) is 14.9. The SMILES string of the molecule is O=C(Nc1n[nH]c2cc(O)ccc12)c1cnn(C2CCC2)c1. The first-order valence-electron chi connectivity index (χ1n) is 7.23. The van der Waals surface area contributed by atoms with Crippen LogP contribution < -0.4 is 5.32 Å². The van der Waals surface area contributed by atoms with Crippen LogP contribution in [0.2, 0.25) is 0 Å². The van der Waals surface area contributed by atoms with Crippen molar-refractivity contribution in [1.29, 1.82) is 0 Å². The molecule has 0 saturated heterocycles. The van der Waals surface area contributed by atoms with Gasteiger partial charge in [0.1, 0.15) is 5.75 Å². The van der Waals surface area contributed by atoms with Gasteiger partial charge in [-0.2, -0.15) is 10.2 Å². The molecule has 0 aliphatic heterocycles. The quantitative estimate of drug-likeness (QED) is 0.692. The number of amides is 1. The van der Waals surface area contributed by atoms with E-state index in [-0.39, 0.29) is 11.7 Å². The molecule has 112 valence electrons. The fourth-order valence-electron chi connectivity index (χ4n) is 2.59. The van der Waals surface area contributed by atoms with E-state index in [9.17, 15) is 9.90 Å². The number of benzene rings is 1. The van der Waals surface area contributed by atoms with Crippen molar-refractivity contribution in [3.05, 3.63) is 36.2 Å². The molecule has 1 amide bonds. The molecule has 4 rings (SSSR count). The van der Waals surface area contributed by atoms with Crippen LogP contribution in [-0.4, -0.2) is 31.0 Å². The zero-order valence-electron chi connectivity index (χ0n) is 11.8. The average Bonchev–Trinajstić information content (AvgIpc) is 3.04. The smallest absolute Gasteiger partial charge is 0.260 e. The number of carbonyl (C=O) groups is 1. The first kappa shape index (κ1) is 12.9. The second kappa shape index (κ2) is 4.87. The predicted octanol–water partition coefficient (Wildman–Crippen LogP) is 2.44. The van der Waals surface area contributed by atoms with Crippen LogP contribution in [0.25, 0.3) is 10.9 Å². The average molecular weight is 297 g/mol. The Morgan fingerprint density at radius 1 is 1.41 bits per heavy atom. The fourth-order valence-corrected chi connectivity index (χ4v) is 2.59. The second-order valence-corrected chi connectivity index (χ2v) is 5.55. The van der Waals surface area contributed by atoms with Crippen LogP contribution in [0.4, 0.5) is 5.82 Å². The van der Waals surface area contributed by atoms with Crippen LogP contribution in [0.5, 0.6) is 5.75 Å². The number of phenols is 1. The molecule has 0 atom stereocenters. The number of anilines is 1. The molecule has 0 radical (unpaired) electrons. The molecule has 7 heteroatoms. The van der Waals surface area contributed by atoms with Crippen LogP contribution in [0, 0.1) is 0 Å². The highest BCUT2D eigenvalue weighted by atomic mass is 16.3. The van der Waals surface area contributed by atoms with Gasteiger partial charge in [-0.1, -0.05) is 0 Å². The molecule has 3 aromatic rings. The molecule has 7 nitrogen and oxygen atoms in total. The van der Waals surface area contributed by atoms with Crippen molar-refractivity contribution in [2.24, 2.45) is 0 Å². The van der Waals surface area contributed by atoms with E-state index >= 15 is 0 Å². The van der Waals surface area contributed by atoms with Crippen molar-refractivity contribution in [2.45, 2.75) is 25.3 Å². The van der Waals surface area contributed by atoms with Crippen molar-refractivity contribution in [1.82, 2.24) is 20.0 Å². The predicted molar refractivity (Wildman–Crippen MR) is 80.8 cm³/mol. The first-order chi connectivity index (χ1) is 10.7. The zero-order chi connectivity index (χ0) is 15.1. The van der Waals surface area contributed by atoms with Crippen LogP contribution >= 0.6 is 0 Å². The lowest BCUT2D eigenvalue weighted by Gasteiger charge is -2.25. The number of H-pyrrole nitrogens is 1. The number of aromatic amines is 1. The monoisotopic (exact) mass is 297 g/mol. The maximum absolute atomic E-state index is 12.3. The number of fused-ring (bicyclic) bond motifs is 1. The molecule has 1 aliphatic rings. The number of phenolic OH excluding ortho intramolecular Hbond substituents is 1. The van der Waals surface area contributed by atoms with Gasteiger partial charge in [0, 0.05) is 17.6 Å². The molecular weight excluding hydrogens is 282 g/mol. The van der Waals surface area contributed by atoms with Gasteiger partial charge in [-0.15, -0.1) is 0 Å². The van der Waals surface area contributed by atoms with Crippen molar-refractivity contribution >= 4 is 22.6 Å². The molecule has 0 unspecified atom stereocenters. The molecule has 1 fully saturated rings. The third-order valence-electron chi connectivity index (χ3n) is 4.09. The minimum Gasteiger partial charge on any atom is -0.508 e. The van der Waals surface area contributed by atoms with Gasteiger partial charge in [0.15, 0.2) is 5.82 Å². The molecule has 2 aromatic heterocycles. The number of carbonyl (C=O) groups excluding carboxylic acids is 1. The number of rotatable bonds is 3. The van der Waals surface area contributed by atoms with Crippen molar-refractivity contribution in [3.8, 4) is 5.75 Å². The Bertz CT molecular complexity index is 847. The van der Waals surface area contributed by atoms with E-state index in [1.807, 2.05) is 4.68 Å². The molecular formula is C15H15N5O2. The molecule has 0 spiro atoms. The molecule has 3 N–H and O–H groups in total. The third kappa shape index (κ3) is 2.11. The van der Waals surface area contributed by atoms with Gasteiger partial charge in [0.2, 0.25) is 0 Å². The summed E-state index contributed by atoms with van der Waals surface area (Å²) in [5.74, 6) is 0.347. The Balaban J connectivity index is 1.56. The minimum atomic E-state index is -0.243. The standard InChI is InChI=1S/C15H15N5O2/c21-11-4-5-12-13(6-11)18-19-14(12)17-15(22)9-7-16-20(8-9)10-2-1-3-10/h4-8,10,21H,1-3H2,(H2,17,18,19,22). The van der Waals surface area contributed by atoms with E-state index in [4.69, 9.17) is 0 Å². The highest BCUT2D eigenvalue weighted by molar-refractivity contribution is 6.07. The Hall–Kier alpha value is -2.83. The molecule has 0 bridgehead atoms. The fraction of sp³-hybridized carbons (Fsp3) is 0.267. The Labute approximate surface area is 125 Å². The van der Waals surface area contributed by atoms with E-state index in [1.165, 1.54) is 6.42 Å². The first-order valence-corrected chi connectivity index (χ1v) is 7.23. The number of hydrogen-bond donors (Lipinski definition) is 3. The van der Waals surface area contributed by atoms with E-state index in [0.717, 1.165) is 18.2 Å². The zero-order valence-corrected chi connectivity index (χ0v) is 11.8. The lowest BCUT2D eigenvalue weighted by atomic mass is 9.93. The molecule has 1 aromatic carbocycles. The van der Waals surface area contributed by atoms with Crippen LogP contribution in [-0.2, 0) is 0 Å². The highest BCUT2D eigenvalue weighted by Gasteiger charge is 2.21. The summed E-state index contributed by atoms with van der Waals surface area (Å²) in [4.78, 5) is 12.3. The third-order valence-corrected chi connectivity index (χ3v) is 4.09. The van der Waals surface area contributed by atoms with Gasteiger partial charge in [0.05, 0.1) is 23.3 Å². The number of aromatic nitrogens is 4. The van der Waals surface area contributed by atoms with E-state index in [2.05, 4.69) is 20.6 Å². The minimum absolute atomic E-state index is 0.149. The van der Waals surface area contributed by atoms with Gasteiger partial charge in [-0.05, 0) is 31.4 Å². The van der Waals surface area contributed by atoms with Gasteiger partial charge < -0.3 is 10.4 Å². The van der Waals surface area contributed by atoms with Crippen LogP contribution in [0.1, 0.15) is 35.7 Å². The van der Waals surface area contributed by atoms with Gasteiger partial charge in [-0.25, -0.2) is 0 Å². The Kier molecular flexibility index (Phi) is 2.85. The number of aromatic hydroxyl groups is 1. The van der Waals surface area contributed by atoms with Crippen molar-refractivity contribution in [2.75, 3.05) is 5.32 Å². The van der Waals surface area contributed by atoms with Crippen LogP contribution in [0.3, 0.4) is 0 Å². The second-order valence-electron chi connectivity index (χ2n) is 5.55. The Morgan fingerprint density at radius 2 is 2.27 bits per heavy atom. The number of nitrogens with one attached hydrogen (secondary N) is 2. The highest BCUT2D eigenvalue weighted by Crippen LogP contribution is 2.31. The van der Waals surface area contributed by atoms with Crippen molar-refractivity contribution in [3.63, 3.8) is 0 Å². The van der Waals surface area contributed by atoms with E-state index in [1.54, 1.807) is 30.6 Å². The van der Waals surface area contributed by atoms with Gasteiger partial charge in [-0.3, -0.25) is 14.6 Å². The summed E-state index contributed by atoms with van der Waals surface area (Å²) >= 11 is 0. The molecule has 2 heterocycles. The summed E-state index contributed by atoms with van der Waals surface area (Å²) in [6.45, 7) is 0. The summed E-state index contributed by atoms with van der Waals surface area (Å²) < 4.78 is 1.86. The Morgan fingerprint density at radius 3 is 3.05 bits per heavy atom. The lowest BCUT2D eigenvalue weighted by molar-refractivity contribution is 0.102. The maximum Gasteiger partial charge on any atom is 0.260 e. The van der Waals surface area contributed by atoms with E-state index in [0.29, 0.717) is 22.9 Å². The summed E-state index contributed by atoms with van der Waals surface area (Å²) in [6.07, 6.45) is 6.82. The van der Waals surface area contributed by atoms with Crippen molar-refractivity contribution < 1.29 is 9.90 Å². The molecule has 22 heavy (non-hydrogen) atoms. The molecule has 1 saturated carbocycles. The summed E-state index contributed by atoms with van der Waals surface area (Å²) in [7, 11) is 0. The maximum atomic E-state index is 12.3. The lowest BCUT2D eigenvalue weighted by Crippen LogP contribution is -2.17. The number of hydrogen-bond acceptors (Lipinski definition) is 4.